The molecule has 0 aliphatic rings. The number of rotatable bonds is 6. The van der Waals surface area contributed by atoms with Crippen molar-refractivity contribution in [2.45, 2.75) is 0 Å². The van der Waals surface area contributed by atoms with Gasteiger partial charge in [-0.2, -0.15) is 9.97 Å². The molecule has 9 heteroatoms. The molecular formula is C18H17N5O4. The predicted octanol–water partition coefficient (Wildman–Crippen LogP) is 2.35. The summed E-state index contributed by atoms with van der Waals surface area (Å²) in [4.78, 5) is 30.3. The predicted molar refractivity (Wildman–Crippen MR) is 96.4 cm³/mol. The number of nitrogens with zero attached hydrogens (tertiary/aromatic N) is 5. The highest BCUT2D eigenvalue weighted by atomic mass is 16.5. The maximum absolute atomic E-state index is 12.5. The van der Waals surface area contributed by atoms with Gasteiger partial charge in [0.1, 0.15) is 0 Å². The first kappa shape index (κ1) is 18.1. The summed E-state index contributed by atoms with van der Waals surface area (Å²) in [7, 11) is 4.62. The Kier molecular flexibility index (Phi) is 5.41. The van der Waals surface area contributed by atoms with E-state index in [4.69, 9.17) is 14.2 Å². The van der Waals surface area contributed by atoms with Crippen molar-refractivity contribution in [1.82, 2.24) is 19.9 Å². The Morgan fingerprint density at radius 1 is 1.00 bits per heavy atom. The summed E-state index contributed by atoms with van der Waals surface area (Å²) in [5.74, 6) is 0.593. The molecule has 0 atom stereocenters. The molecule has 3 heterocycles. The summed E-state index contributed by atoms with van der Waals surface area (Å²) >= 11 is 0. The molecule has 0 fully saturated rings. The number of hydrogen-bond donors (Lipinski definition) is 0. The van der Waals surface area contributed by atoms with Gasteiger partial charge in [-0.3, -0.25) is 9.78 Å². The molecule has 0 bridgehead atoms. The minimum absolute atomic E-state index is 0.0188. The SMILES string of the molecule is COc1cc(OC)nc(Oc2ccc(C(=O)N(C)c3cccnc3)cn2)n1. The van der Waals surface area contributed by atoms with Gasteiger partial charge >= 0.3 is 6.01 Å². The lowest BCUT2D eigenvalue weighted by atomic mass is 10.2. The standard InChI is InChI=1S/C18H17N5O4/c1-23(13-5-4-8-19-11-13)17(24)12-6-7-14(20-10-12)27-18-21-15(25-2)9-16(22-18)26-3/h4-11H,1-3H3. The molecule has 3 aromatic rings. The van der Waals surface area contributed by atoms with E-state index >= 15 is 0 Å². The van der Waals surface area contributed by atoms with Gasteiger partial charge in [-0.25, -0.2) is 4.98 Å². The number of amides is 1. The average molecular weight is 367 g/mol. The van der Waals surface area contributed by atoms with Crippen molar-refractivity contribution < 1.29 is 19.0 Å². The van der Waals surface area contributed by atoms with E-state index in [0.717, 1.165) is 0 Å². The van der Waals surface area contributed by atoms with Gasteiger partial charge in [0.15, 0.2) is 0 Å². The average Bonchev–Trinajstić information content (AvgIpc) is 2.73. The Morgan fingerprint density at radius 3 is 2.30 bits per heavy atom. The summed E-state index contributed by atoms with van der Waals surface area (Å²) in [6, 6.07) is 8.26. The highest BCUT2D eigenvalue weighted by molar-refractivity contribution is 6.05. The van der Waals surface area contributed by atoms with Gasteiger partial charge in [-0.1, -0.05) is 0 Å². The summed E-state index contributed by atoms with van der Waals surface area (Å²) < 4.78 is 15.6. The first-order valence-electron chi connectivity index (χ1n) is 7.89. The van der Waals surface area contributed by atoms with Crippen LogP contribution in [-0.2, 0) is 0 Å². The Bertz CT molecular complexity index is 897. The zero-order chi connectivity index (χ0) is 19.2. The second-order valence-corrected chi connectivity index (χ2v) is 5.30. The van der Waals surface area contributed by atoms with Crippen LogP contribution in [0.25, 0.3) is 0 Å². The fraction of sp³-hybridized carbons (Fsp3) is 0.167. The highest BCUT2D eigenvalue weighted by Gasteiger charge is 2.15. The van der Waals surface area contributed by atoms with Crippen LogP contribution in [0, 0.1) is 0 Å². The van der Waals surface area contributed by atoms with Crippen molar-refractivity contribution in [3.05, 3.63) is 54.5 Å². The molecule has 0 radical (unpaired) electrons. The van der Waals surface area contributed by atoms with Crippen molar-refractivity contribution >= 4 is 11.6 Å². The van der Waals surface area contributed by atoms with E-state index in [1.807, 2.05) is 0 Å². The van der Waals surface area contributed by atoms with E-state index in [-0.39, 0.29) is 17.8 Å². The van der Waals surface area contributed by atoms with Crippen molar-refractivity contribution in [3.63, 3.8) is 0 Å². The third-order valence-electron chi connectivity index (χ3n) is 3.59. The van der Waals surface area contributed by atoms with Crippen molar-refractivity contribution in [2.24, 2.45) is 0 Å². The number of anilines is 1. The molecule has 0 saturated carbocycles. The second-order valence-electron chi connectivity index (χ2n) is 5.30. The van der Waals surface area contributed by atoms with Gasteiger partial charge in [-0.15, -0.1) is 0 Å². The van der Waals surface area contributed by atoms with E-state index < -0.39 is 0 Å². The lowest BCUT2D eigenvalue weighted by Gasteiger charge is -2.16. The van der Waals surface area contributed by atoms with Crippen molar-refractivity contribution in [1.29, 1.82) is 0 Å². The molecule has 0 unspecified atom stereocenters. The summed E-state index contributed by atoms with van der Waals surface area (Å²) in [6.45, 7) is 0. The number of pyridine rings is 2. The molecule has 0 aromatic carbocycles. The molecule has 0 aliphatic heterocycles. The Hall–Kier alpha value is -3.75. The molecule has 9 nitrogen and oxygen atoms in total. The summed E-state index contributed by atoms with van der Waals surface area (Å²) in [5, 5.41) is 0. The quantitative estimate of drug-likeness (QED) is 0.655. The zero-order valence-electron chi connectivity index (χ0n) is 15.0. The third kappa shape index (κ3) is 4.27. The van der Waals surface area contributed by atoms with Gasteiger partial charge in [0.25, 0.3) is 5.91 Å². The van der Waals surface area contributed by atoms with Crippen LogP contribution in [0.3, 0.4) is 0 Å². The smallest absolute Gasteiger partial charge is 0.330 e. The topological polar surface area (TPSA) is 99.6 Å². The molecule has 138 valence electrons. The first-order chi connectivity index (χ1) is 13.1. The normalized spacial score (nSPS) is 10.2. The van der Waals surface area contributed by atoms with Crippen LogP contribution < -0.4 is 19.1 Å². The number of methoxy groups -OCH3 is 2. The maximum Gasteiger partial charge on any atom is 0.330 e. The Balaban J connectivity index is 1.75. The number of carbonyl (C=O) groups excluding carboxylic acids is 1. The summed E-state index contributed by atoms with van der Waals surface area (Å²) in [6.07, 6.45) is 4.67. The molecule has 0 aliphatic carbocycles. The molecule has 0 N–H and O–H groups in total. The molecule has 0 saturated heterocycles. The highest BCUT2D eigenvalue weighted by Crippen LogP contribution is 2.23. The van der Waals surface area contributed by atoms with Crippen molar-refractivity contribution in [2.75, 3.05) is 26.2 Å². The number of aromatic nitrogens is 4. The monoisotopic (exact) mass is 367 g/mol. The van der Waals surface area contributed by atoms with E-state index in [1.165, 1.54) is 31.4 Å². The molecular weight excluding hydrogens is 350 g/mol. The van der Waals surface area contributed by atoms with Crippen LogP contribution >= 0.6 is 0 Å². The van der Waals surface area contributed by atoms with Crippen LogP contribution in [0.1, 0.15) is 10.4 Å². The van der Waals surface area contributed by atoms with Crippen LogP contribution in [0.15, 0.2) is 48.9 Å². The number of carbonyl (C=O) groups is 1. The summed E-state index contributed by atoms with van der Waals surface area (Å²) in [5.41, 5.74) is 1.08. The molecule has 27 heavy (non-hydrogen) atoms. The largest absolute Gasteiger partial charge is 0.481 e. The van der Waals surface area contributed by atoms with Crippen LogP contribution in [-0.4, -0.2) is 47.1 Å². The van der Waals surface area contributed by atoms with E-state index in [0.29, 0.717) is 23.0 Å². The van der Waals surface area contributed by atoms with Crippen LogP contribution in [0.4, 0.5) is 5.69 Å². The van der Waals surface area contributed by atoms with Crippen molar-refractivity contribution in [3.8, 4) is 23.7 Å². The van der Waals surface area contributed by atoms with Crippen LogP contribution in [0.5, 0.6) is 23.7 Å². The molecule has 3 aromatic heterocycles. The first-order valence-corrected chi connectivity index (χ1v) is 7.89. The fourth-order valence-corrected chi connectivity index (χ4v) is 2.16. The number of ether oxygens (including phenoxy) is 3. The van der Waals surface area contributed by atoms with Gasteiger partial charge in [0.2, 0.25) is 17.6 Å². The van der Waals surface area contributed by atoms with E-state index in [2.05, 4.69) is 19.9 Å². The maximum atomic E-state index is 12.5. The second kappa shape index (κ2) is 8.09. The Labute approximate surface area is 155 Å². The van der Waals surface area contributed by atoms with Crippen LogP contribution in [0.2, 0.25) is 0 Å². The molecule has 3 rings (SSSR count). The minimum Gasteiger partial charge on any atom is -0.481 e. The third-order valence-corrected chi connectivity index (χ3v) is 3.59. The van der Waals surface area contributed by atoms with E-state index in [9.17, 15) is 4.79 Å². The molecule has 1 amide bonds. The zero-order valence-corrected chi connectivity index (χ0v) is 15.0. The van der Waals surface area contributed by atoms with Gasteiger partial charge in [-0.05, 0) is 18.2 Å². The minimum atomic E-state index is -0.221. The fourth-order valence-electron chi connectivity index (χ4n) is 2.16. The molecule has 0 spiro atoms. The Morgan fingerprint density at radius 2 is 1.74 bits per heavy atom. The van der Waals surface area contributed by atoms with Gasteiger partial charge < -0.3 is 19.1 Å². The number of hydrogen-bond acceptors (Lipinski definition) is 8. The lowest BCUT2D eigenvalue weighted by molar-refractivity contribution is 0.0992. The lowest BCUT2D eigenvalue weighted by Crippen LogP contribution is -2.26. The van der Waals surface area contributed by atoms with E-state index in [1.54, 1.807) is 43.7 Å². The van der Waals surface area contributed by atoms with Gasteiger partial charge in [0.05, 0.1) is 37.7 Å². The van der Waals surface area contributed by atoms with Gasteiger partial charge in [0, 0.05) is 25.5 Å².